The van der Waals surface area contributed by atoms with Crippen LogP contribution in [0.15, 0.2) is 18.2 Å². The van der Waals surface area contributed by atoms with Crippen molar-refractivity contribution in [3.05, 3.63) is 29.8 Å². The summed E-state index contributed by atoms with van der Waals surface area (Å²) in [7, 11) is 0. The van der Waals surface area contributed by atoms with Gasteiger partial charge in [-0.15, -0.1) is 0 Å². The van der Waals surface area contributed by atoms with Crippen LogP contribution in [-0.2, 0) is 0 Å². The lowest BCUT2D eigenvalue weighted by Gasteiger charge is -2.21. The van der Waals surface area contributed by atoms with E-state index in [4.69, 9.17) is 0 Å². The normalized spacial score (nSPS) is 16.1. The molecule has 0 unspecified atom stereocenters. The van der Waals surface area contributed by atoms with Gasteiger partial charge in [0.15, 0.2) is 0 Å². The van der Waals surface area contributed by atoms with Crippen molar-refractivity contribution in [3.8, 4) is 0 Å². The Hall–Kier alpha value is -1.65. The second-order valence-electron chi connectivity index (χ2n) is 4.96. The summed E-state index contributed by atoms with van der Waals surface area (Å²) in [6, 6.07) is 2.48. The number of hydrogen-bond acceptors (Lipinski definition) is 1. The van der Waals surface area contributed by atoms with Gasteiger partial charge < -0.3 is 10.6 Å². The highest BCUT2D eigenvalue weighted by Gasteiger charge is 2.14. The summed E-state index contributed by atoms with van der Waals surface area (Å²) in [4.78, 5) is 11.6. The molecular weight excluding hydrogens is 250 g/mol. The van der Waals surface area contributed by atoms with Gasteiger partial charge in [-0.1, -0.05) is 19.3 Å². The maximum atomic E-state index is 13.3. The molecule has 0 saturated heterocycles. The van der Waals surface area contributed by atoms with Gasteiger partial charge >= 0.3 is 6.03 Å². The molecule has 19 heavy (non-hydrogen) atoms. The number of anilines is 1. The molecule has 0 radical (unpaired) electrons. The van der Waals surface area contributed by atoms with E-state index in [0.717, 1.165) is 31.0 Å². The van der Waals surface area contributed by atoms with Crippen LogP contribution in [0.2, 0.25) is 0 Å². The van der Waals surface area contributed by atoms with Crippen LogP contribution in [0, 0.1) is 17.6 Å². The number of hydrogen-bond donors (Lipinski definition) is 2. The zero-order valence-electron chi connectivity index (χ0n) is 10.7. The molecule has 1 saturated carbocycles. The molecule has 104 valence electrons. The summed E-state index contributed by atoms with van der Waals surface area (Å²) in [6.07, 6.45) is 5.90. The Morgan fingerprint density at radius 3 is 2.68 bits per heavy atom. The first-order chi connectivity index (χ1) is 9.15. The number of amides is 2. The Morgan fingerprint density at radius 2 is 1.95 bits per heavy atom. The number of halogens is 2. The van der Waals surface area contributed by atoms with E-state index >= 15 is 0 Å². The predicted molar refractivity (Wildman–Crippen MR) is 70.0 cm³/mol. The van der Waals surface area contributed by atoms with Crippen molar-refractivity contribution < 1.29 is 13.6 Å². The van der Waals surface area contributed by atoms with E-state index in [1.807, 2.05) is 0 Å². The third kappa shape index (κ3) is 4.19. The Balaban J connectivity index is 1.81. The summed E-state index contributed by atoms with van der Waals surface area (Å²) < 4.78 is 26.3. The third-order valence-corrected chi connectivity index (χ3v) is 3.45. The van der Waals surface area contributed by atoms with Gasteiger partial charge in [0.05, 0.1) is 5.69 Å². The molecule has 0 heterocycles. The number of urea groups is 1. The minimum absolute atomic E-state index is 0.138. The van der Waals surface area contributed by atoms with Crippen molar-refractivity contribution in [2.24, 2.45) is 5.92 Å². The molecule has 1 aliphatic rings. The van der Waals surface area contributed by atoms with Crippen LogP contribution in [-0.4, -0.2) is 12.6 Å². The molecule has 2 amide bonds. The maximum Gasteiger partial charge on any atom is 0.319 e. The molecule has 2 N–H and O–H groups in total. The van der Waals surface area contributed by atoms with E-state index in [1.165, 1.54) is 19.3 Å². The van der Waals surface area contributed by atoms with Gasteiger partial charge in [-0.05, 0) is 30.9 Å². The molecule has 0 atom stereocenters. The fourth-order valence-corrected chi connectivity index (χ4v) is 2.39. The highest BCUT2D eigenvalue weighted by atomic mass is 19.1. The maximum absolute atomic E-state index is 13.3. The standard InChI is InChI=1S/C14H18F2N2O/c15-11-6-7-12(16)13(8-11)18-14(19)17-9-10-4-2-1-3-5-10/h6-8,10H,1-5,9H2,(H2,17,18,19). The first kappa shape index (κ1) is 13.8. The van der Waals surface area contributed by atoms with Crippen LogP contribution in [0.4, 0.5) is 19.3 Å². The van der Waals surface area contributed by atoms with Gasteiger partial charge in [0.25, 0.3) is 0 Å². The van der Waals surface area contributed by atoms with Crippen LogP contribution in [0.3, 0.4) is 0 Å². The van der Waals surface area contributed by atoms with E-state index in [2.05, 4.69) is 10.6 Å². The lowest BCUT2D eigenvalue weighted by molar-refractivity contribution is 0.247. The minimum atomic E-state index is -0.644. The topological polar surface area (TPSA) is 41.1 Å². The first-order valence-corrected chi connectivity index (χ1v) is 6.65. The van der Waals surface area contributed by atoms with Crippen molar-refractivity contribution in [2.45, 2.75) is 32.1 Å². The molecular formula is C14H18F2N2O. The van der Waals surface area contributed by atoms with Crippen molar-refractivity contribution in [1.29, 1.82) is 0 Å². The second-order valence-corrected chi connectivity index (χ2v) is 4.96. The van der Waals surface area contributed by atoms with E-state index in [9.17, 15) is 13.6 Å². The van der Waals surface area contributed by atoms with Gasteiger partial charge in [-0.25, -0.2) is 13.6 Å². The van der Waals surface area contributed by atoms with Crippen LogP contribution in [0.1, 0.15) is 32.1 Å². The molecule has 5 heteroatoms. The van der Waals surface area contributed by atoms with E-state index in [1.54, 1.807) is 0 Å². The zero-order valence-corrected chi connectivity index (χ0v) is 10.7. The second kappa shape index (κ2) is 6.50. The monoisotopic (exact) mass is 268 g/mol. The van der Waals surface area contributed by atoms with Gasteiger partial charge in [0, 0.05) is 12.6 Å². The van der Waals surface area contributed by atoms with Crippen LogP contribution < -0.4 is 10.6 Å². The number of nitrogens with one attached hydrogen (secondary N) is 2. The molecule has 1 aliphatic carbocycles. The van der Waals surface area contributed by atoms with Crippen molar-refractivity contribution in [1.82, 2.24) is 5.32 Å². The van der Waals surface area contributed by atoms with Crippen molar-refractivity contribution >= 4 is 11.7 Å². The smallest absolute Gasteiger partial charge is 0.319 e. The molecule has 0 aliphatic heterocycles. The lowest BCUT2D eigenvalue weighted by Crippen LogP contribution is -2.34. The largest absolute Gasteiger partial charge is 0.338 e. The SMILES string of the molecule is O=C(NCC1CCCCC1)Nc1cc(F)ccc1F. The van der Waals surface area contributed by atoms with Gasteiger partial charge in [-0.3, -0.25) is 0 Å². The molecule has 1 aromatic carbocycles. The van der Waals surface area contributed by atoms with Crippen LogP contribution in [0.25, 0.3) is 0 Å². The Morgan fingerprint density at radius 1 is 1.21 bits per heavy atom. The third-order valence-electron chi connectivity index (χ3n) is 3.45. The number of carbonyl (C=O) groups excluding carboxylic acids is 1. The molecule has 1 fully saturated rings. The van der Waals surface area contributed by atoms with Gasteiger partial charge in [-0.2, -0.15) is 0 Å². The highest BCUT2D eigenvalue weighted by molar-refractivity contribution is 5.89. The summed E-state index contributed by atoms with van der Waals surface area (Å²) in [5.74, 6) is -0.727. The number of benzene rings is 1. The summed E-state index contributed by atoms with van der Waals surface area (Å²) in [5, 5.41) is 5.03. The fraction of sp³-hybridized carbons (Fsp3) is 0.500. The summed E-state index contributed by atoms with van der Waals surface area (Å²) in [6.45, 7) is 0.586. The van der Waals surface area contributed by atoms with Crippen molar-refractivity contribution in [3.63, 3.8) is 0 Å². The highest BCUT2D eigenvalue weighted by Crippen LogP contribution is 2.22. The Bertz CT molecular complexity index is 445. The number of rotatable bonds is 3. The summed E-state index contributed by atoms with van der Waals surface area (Å²) >= 11 is 0. The first-order valence-electron chi connectivity index (χ1n) is 6.65. The molecule has 1 aromatic rings. The van der Waals surface area contributed by atoms with Crippen LogP contribution >= 0.6 is 0 Å². The summed E-state index contributed by atoms with van der Waals surface area (Å²) in [5.41, 5.74) is -0.138. The molecule has 2 rings (SSSR count). The van der Waals surface area contributed by atoms with Gasteiger partial charge in [0.1, 0.15) is 11.6 Å². The fourth-order valence-electron chi connectivity index (χ4n) is 2.39. The molecule has 0 aromatic heterocycles. The average molecular weight is 268 g/mol. The van der Waals surface area contributed by atoms with E-state index in [-0.39, 0.29) is 5.69 Å². The predicted octanol–water partition coefficient (Wildman–Crippen LogP) is 3.67. The van der Waals surface area contributed by atoms with Crippen molar-refractivity contribution in [2.75, 3.05) is 11.9 Å². The lowest BCUT2D eigenvalue weighted by atomic mass is 9.89. The van der Waals surface area contributed by atoms with E-state index < -0.39 is 17.7 Å². The zero-order chi connectivity index (χ0) is 13.7. The Kier molecular flexibility index (Phi) is 4.71. The van der Waals surface area contributed by atoms with E-state index in [0.29, 0.717) is 12.5 Å². The molecule has 3 nitrogen and oxygen atoms in total. The van der Waals surface area contributed by atoms with Crippen LogP contribution in [0.5, 0.6) is 0 Å². The molecule has 0 bridgehead atoms. The number of carbonyl (C=O) groups is 1. The quantitative estimate of drug-likeness (QED) is 0.863. The minimum Gasteiger partial charge on any atom is -0.338 e. The molecule has 0 spiro atoms. The average Bonchev–Trinajstić information content (AvgIpc) is 2.42. The van der Waals surface area contributed by atoms with Gasteiger partial charge in [0.2, 0.25) is 0 Å². The Labute approximate surface area is 111 Å².